The zero-order valence-electron chi connectivity index (χ0n) is 4.93. The van der Waals surface area contributed by atoms with E-state index in [2.05, 4.69) is 5.32 Å². The molecule has 0 rings (SSSR count). The van der Waals surface area contributed by atoms with Crippen molar-refractivity contribution >= 4 is 29.6 Å². The summed E-state index contributed by atoms with van der Waals surface area (Å²) in [6, 6.07) is 0. The molecule has 0 saturated heterocycles. The summed E-state index contributed by atoms with van der Waals surface area (Å²) in [6.45, 7) is 1.80. The summed E-state index contributed by atoms with van der Waals surface area (Å²) < 4.78 is 0. The third kappa shape index (κ3) is 8.84. The van der Waals surface area contributed by atoms with Crippen molar-refractivity contribution < 1.29 is 0 Å². The van der Waals surface area contributed by atoms with Gasteiger partial charge in [-0.2, -0.15) is 0 Å². The zero-order chi connectivity index (χ0) is 6.41. The Balaban J connectivity index is 0. The molecule has 7 N–H and O–H groups in total. The molecule has 1 atom stereocenters. The topological polar surface area (TPSA) is 90.1 Å². The molecule has 0 spiro atoms. The van der Waals surface area contributed by atoms with E-state index in [4.69, 9.17) is 17.2 Å². The summed E-state index contributed by atoms with van der Waals surface area (Å²) in [5.41, 5.74) is 15.7. The standard InChI is InChI=1S/C4H14N4.Na.H/c5-1-2-8-4(7)3-6;;/h4,8H,1-3,5-7H2;;. The van der Waals surface area contributed by atoms with E-state index in [1.165, 1.54) is 0 Å². The molecule has 0 saturated carbocycles. The Morgan fingerprint density at radius 1 is 1.33 bits per heavy atom. The number of rotatable bonds is 4. The van der Waals surface area contributed by atoms with Crippen LogP contribution in [0.2, 0.25) is 0 Å². The van der Waals surface area contributed by atoms with Crippen LogP contribution in [0.5, 0.6) is 0 Å². The van der Waals surface area contributed by atoms with Gasteiger partial charge in [0.2, 0.25) is 0 Å². The normalized spacial score (nSPS) is 12.3. The molecule has 4 nitrogen and oxygen atoms in total. The Kier molecular flexibility index (Phi) is 12.3. The molecular weight excluding hydrogens is 127 g/mol. The molecule has 0 amide bonds. The third-order valence-corrected chi connectivity index (χ3v) is 0.805. The van der Waals surface area contributed by atoms with Crippen LogP contribution in [0.4, 0.5) is 0 Å². The molecule has 0 aromatic heterocycles. The van der Waals surface area contributed by atoms with Gasteiger partial charge in [0.05, 0.1) is 6.17 Å². The molecule has 0 aliphatic rings. The maximum absolute atomic E-state index is 5.37. The fourth-order valence-corrected chi connectivity index (χ4v) is 0.352. The molecule has 0 aliphatic heterocycles. The molecule has 0 bridgehead atoms. The predicted octanol–water partition coefficient (Wildman–Crippen LogP) is -2.87. The van der Waals surface area contributed by atoms with Crippen LogP contribution in [0.15, 0.2) is 0 Å². The molecule has 0 radical (unpaired) electrons. The van der Waals surface area contributed by atoms with Gasteiger partial charge in [-0.3, -0.25) is 5.32 Å². The molecule has 0 heterocycles. The van der Waals surface area contributed by atoms with Gasteiger partial charge in [-0.15, -0.1) is 0 Å². The van der Waals surface area contributed by atoms with Gasteiger partial charge in [0.1, 0.15) is 0 Å². The van der Waals surface area contributed by atoms with Crippen molar-refractivity contribution in [3.63, 3.8) is 0 Å². The van der Waals surface area contributed by atoms with E-state index in [1.807, 2.05) is 0 Å². The Morgan fingerprint density at radius 3 is 2.22 bits per heavy atom. The fraction of sp³-hybridized carbons (Fsp3) is 1.00. The number of hydrogen-bond acceptors (Lipinski definition) is 4. The second-order valence-corrected chi connectivity index (χ2v) is 1.58. The molecule has 1 unspecified atom stereocenters. The van der Waals surface area contributed by atoms with Crippen LogP contribution >= 0.6 is 0 Å². The van der Waals surface area contributed by atoms with Gasteiger partial charge in [-0.05, 0) is 0 Å². The van der Waals surface area contributed by atoms with Crippen molar-refractivity contribution in [2.45, 2.75) is 6.17 Å². The van der Waals surface area contributed by atoms with Crippen molar-refractivity contribution in [2.24, 2.45) is 17.2 Å². The first-order valence-electron chi connectivity index (χ1n) is 2.70. The number of hydrogen-bond donors (Lipinski definition) is 4. The Hall–Kier alpha value is 0.840. The van der Waals surface area contributed by atoms with Gasteiger partial charge < -0.3 is 17.2 Å². The Bertz CT molecular complexity index is 51.8. The van der Waals surface area contributed by atoms with Crippen molar-refractivity contribution in [1.82, 2.24) is 5.32 Å². The maximum atomic E-state index is 5.37. The van der Waals surface area contributed by atoms with Crippen LogP contribution in [0.25, 0.3) is 0 Å². The van der Waals surface area contributed by atoms with Crippen molar-refractivity contribution in [1.29, 1.82) is 0 Å². The summed E-state index contributed by atoms with van der Waals surface area (Å²) in [7, 11) is 0. The van der Waals surface area contributed by atoms with Crippen LogP contribution in [0.3, 0.4) is 0 Å². The van der Waals surface area contributed by atoms with Crippen LogP contribution in [0, 0.1) is 0 Å². The molecule has 9 heavy (non-hydrogen) atoms. The number of nitrogens with one attached hydrogen (secondary N) is 1. The van der Waals surface area contributed by atoms with Crippen LogP contribution < -0.4 is 22.5 Å². The molecular formula is C4H15N4Na. The SMILES string of the molecule is NCCNC(N)CN.[NaH]. The van der Waals surface area contributed by atoms with Crippen molar-refractivity contribution in [2.75, 3.05) is 19.6 Å². The second kappa shape index (κ2) is 8.84. The molecule has 0 aliphatic carbocycles. The quantitative estimate of drug-likeness (QED) is 0.251. The molecule has 0 aromatic rings. The van der Waals surface area contributed by atoms with E-state index in [0.29, 0.717) is 13.1 Å². The first kappa shape index (κ1) is 12.5. The predicted molar refractivity (Wildman–Crippen MR) is 41.2 cm³/mol. The van der Waals surface area contributed by atoms with Crippen LogP contribution in [-0.4, -0.2) is 55.4 Å². The van der Waals surface area contributed by atoms with E-state index in [-0.39, 0.29) is 35.7 Å². The fourth-order valence-electron chi connectivity index (χ4n) is 0.352. The number of nitrogens with two attached hydrogens (primary N) is 3. The second-order valence-electron chi connectivity index (χ2n) is 1.58. The third-order valence-electron chi connectivity index (χ3n) is 0.805. The van der Waals surface area contributed by atoms with Gasteiger partial charge in [-0.1, -0.05) is 0 Å². The first-order chi connectivity index (χ1) is 3.81. The Morgan fingerprint density at radius 2 is 1.89 bits per heavy atom. The minimum absolute atomic E-state index is 0. The van der Waals surface area contributed by atoms with Gasteiger partial charge >= 0.3 is 29.6 Å². The molecule has 5 heteroatoms. The monoisotopic (exact) mass is 142 g/mol. The van der Waals surface area contributed by atoms with E-state index in [9.17, 15) is 0 Å². The molecule has 52 valence electrons. The van der Waals surface area contributed by atoms with Crippen molar-refractivity contribution in [3.8, 4) is 0 Å². The summed E-state index contributed by atoms with van der Waals surface area (Å²) >= 11 is 0. The first-order valence-corrected chi connectivity index (χ1v) is 2.70. The summed E-state index contributed by atoms with van der Waals surface area (Å²) in [5.74, 6) is 0. The average Bonchev–Trinajstić information content (AvgIpc) is 1.83. The van der Waals surface area contributed by atoms with E-state index < -0.39 is 0 Å². The van der Waals surface area contributed by atoms with E-state index >= 15 is 0 Å². The summed E-state index contributed by atoms with van der Waals surface area (Å²) in [5, 5.41) is 2.91. The van der Waals surface area contributed by atoms with Crippen LogP contribution in [0.1, 0.15) is 0 Å². The van der Waals surface area contributed by atoms with Gasteiger partial charge in [0, 0.05) is 19.6 Å². The molecule has 0 aromatic carbocycles. The van der Waals surface area contributed by atoms with E-state index in [1.54, 1.807) is 0 Å². The van der Waals surface area contributed by atoms with Gasteiger partial charge in [0.15, 0.2) is 0 Å². The summed E-state index contributed by atoms with van der Waals surface area (Å²) in [4.78, 5) is 0. The van der Waals surface area contributed by atoms with Crippen LogP contribution in [-0.2, 0) is 0 Å². The minimum atomic E-state index is -0.0986. The van der Waals surface area contributed by atoms with Gasteiger partial charge in [0.25, 0.3) is 0 Å². The zero-order valence-corrected chi connectivity index (χ0v) is 4.93. The van der Waals surface area contributed by atoms with Gasteiger partial charge in [-0.25, -0.2) is 0 Å². The van der Waals surface area contributed by atoms with Crippen molar-refractivity contribution in [3.05, 3.63) is 0 Å². The average molecular weight is 142 g/mol. The molecule has 0 fully saturated rings. The summed E-state index contributed by atoms with van der Waals surface area (Å²) in [6.07, 6.45) is -0.0986. The Labute approximate surface area is 77.8 Å². The van der Waals surface area contributed by atoms with E-state index in [0.717, 1.165) is 6.54 Å².